The van der Waals surface area contributed by atoms with Crippen LogP contribution in [0.1, 0.15) is 12.5 Å². The Morgan fingerprint density at radius 3 is 2.83 bits per heavy atom. The number of ether oxygens (including phenoxy) is 1. The molecule has 2 aromatic heterocycles. The second kappa shape index (κ2) is 7.23. The van der Waals surface area contributed by atoms with Gasteiger partial charge in [0.25, 0.3) is 0 Å². The van der Waals surface area contributed by atoms with Crippen molar-refractivity contribution in [3.63, 3.8) is 0 Å². The zero-order valence-corrected chi connectivity index (χ0v) is 13.5. The lowest BCUT2D eigenvalue weighted by atomic mass is 10.2. The molecular weight excluding hydrogens is 312 g/mol. The molecule has 3 rings (SSSR count). The van der Waals surface area contributed by atoms with Crippen LogP contribution in [0.25, 0.3) is 11.2 Å². The first-order valence-electron chi connectivity index (χ1n) is 7.26. The maximum absolute atomic E-state index is 11.6. The van der Waals surface area contributed by atoms with Crippen LogP contribution in [0.4, 0.5) is 0 Å². The van der Waals surface area contributed by atoms with E-state index >= 15 is 0 Å². The lowest BCUT2D eigenvalue weighted by molar-refractivity contribution is -0.143. The van der Waals surface area contributed by atoms with Crippen molar-refractivity contribution >= 4 is 28.9 Å². The van der Waals surface area contributed by atoms with E-state index in [2.05, 4.69) is 27.1 Å². The molecule has 0 amide bonds. The Hall–Kier alpha value is -2.41. The van der Waals surface area contributed by atoms with Gasteiger partial charge in [0, 0.05) is 5.75 Å². The monoisotopic (exact) mass is 328 g/mol. The van der Waals surface area contributed by atoms with E-state index in [4.69, 9.17) is 4.74 Å². The summed E-state index contributed by atoms with van der Waals surface area (Å²) in [7, 11) is 0. The van der Waals surface area contributed by atoms with Gasteiger partial charge in [-0.15, -0.1) is 0 Å². The van der Waals surface area contributed by atoms with Gasteiger partial charge in [-0.3, -0.25) is 4.79 Å². The quantitative estimate of drug-likeness (QED) is 0.394. The second-order valence-electron chi connectivity index (χ2n) is 4.80. The molecule has 0 aliphatic heterocycles. The highest BCUT2D eigenvalue weighted by Gasteiger charge is 2.13. The highest BCUT2D eigenvalue weighted by Crippen LogP contribution is 2.26. The van der Waals surface area contributed by atoms with Crippen molar-refractivity contribution in [2.24, 2.45) is 0 Å². The summed E-state index contributed by atoms with van der Waals surface area (Å²) in [6.07, 6.45) is 3.10. The number of thioether (sulfide) groups is 1. The molecule has 0 bridgehead atoms. The maximum Gasteiger partial charge on any atom is 0.326 e. The summed E-state index contributed by atoms with van der Waals surface area (Å²) in [4.78, 5) is 24.5. The van der Waals surface area contributed by atoms with E-state index in [1.54, 1.807) is 29.6 Å². The van der Waals surface area contributed by atoms with E-state index in [0.717, 1.165) is 10.8 Å². The van der Waals surface area contributed by atoms with Gasteiger partial charge in [0.05, 0.1) is 12.9 Å². The van der Waals surface area contributed by atoms with Gasteiger partial charge in [0.1, 0.15) is 23.4 Å². The summed E-state index contributed by atoms with van der Waals surface area (Å²) in [6.45, 7) is 2.24. The van der Waals surface area contributed by atoms with Crippen LogP contribution in [0.3, 0.4) is 0 Å². The molecule has 0 N–H and O–H groups in total. The zero-order valence-electron chi connectivity index (χ0n) is 12.7. The fraction of sp³-hybridized carbons (Fsp3) is 0.250. The second-order valence-corrected chi connectivity index (χ2v) is 5.77. The molecule has 0 aliphatic carbocycles. The Morgan fingerprint density at radius 1 is 1.22 bits per heavy atom. The summed E-state index contributed by atoms with van der Waals surface area (Å²) < 4.78 is 6.65. The number of carbonyl (C=O) groups is 1. The van der Waals surface area contributed by atoms with Gasteiger partial charge in [-0.05, 0) is 12.5 Å². The van der Waals surface area contributed by atoms with E-state index in [9.17, 15) is 4.79 Å². The Balaban J connectivity index is 1.79. The summed E-state index contributed by atoms with van der Waals surface area (Å²) in [5, 5.41) is 0.807. The van der Waals surface area contributed by atoms with Crippen LogP contribution < -0.4 is 0 Å². The fourth-order valence-corrected chi connectivity index (χ4v) is 3.05. The number of hydrogen-bond donors (Lipinski definition) is 0. The molecule has 0 unspecified atom stereocenters. The standard InChI is InChI=1S/C16H16N4O2S/c1-2-22-13(21)8-20-11-19-14-15(20)17-10-18-16(14)23-9-12-6-4-3-5-7-12/h3-7,10-11H,2,8-9H2,1H3. The first kappa shape index (κ1) is 15.5. The number of rotatable bonds is 6. The third-order valence-electron chi connectivity index (χ3n) is 3.19. The number of benzene rings is 1. The molecule has 7 heteroatoms. The van der Waals surface area contributed by atoms with Crippen LogP contribution in [-0.4, -0.2) is 32.1 Å². The molecule has 0 saturated heterocycles. The fourth-order valence-electron chi connectivity index (χ4n) is 2.15. The lowest BCUT2D eigenvalue weighted by Crippen LogP contribution is -2.13. The first-order chi connectivity index (χ1) is 11.3. The number of aromatic nitrogens is 4. The molecule has 0 radical (unpaired) electrons. The lowest BCUT2D eigenvalue weighted by Gasteiger charge is -2.04. The van der Waals surface area contributed by atoms with Crippen LogP contribution in [-0.2, 0) is 21.8 Å². The van der Waals surface area contributed by atoms with Gasteiger partial charge in [-0.1, -0.05) is 42.1 Å². The Kier molecular flexibility index (Phi) is 4.87. The van der Waals surface area contributed by atoms with Gasteiger partial charge in [0.15, 0.2) is 5.65 Å². The number of hydrogen-bond acceptors (Lipinski definition) is 6. The Morgan fingerprint density at radius 2 is 2.04 bits per heavy atom. The molecule has 1 aromatic carbocycles. The zero-order chi connectivity index (χ0) is 16.1. The van der Waals surface area contributed by atoms with Crippen molar-refractivity contribution in [1.29, 1.82) is 0 Å². The SMILES string of the molecule is CCOC(=O)Cn1cnc2c(SCc3ccccc3)ncnc21. The van der Waals surface area contributed by atoms with Crippen molar-refractivity contribution in [2.75, 3.05) is 6.61 Å². The average molecular weight is 328 g/mol. The van der Waals surface area contributed by atoms with Crippen molar-refractivity contribution < 1.29 is 9.53 Å². The smallest absolute Gasteiger partial charge is 0.326 e. The Bertz CT molecular complexity index is 804. The van der Waals surface area contributed by atoms with Crippen LogP contribution >= 0.6 is 11.8 Å². The normalized spacial score (nSPS) is 10.8. The van der Waals surface area contributed by atoms with Crippen molar-refractivity contribution in [3.8, 4) is 0 Å². The van der Waals surface area contributed by atoms with Gasteiger partial charge in [-0.25, -0.2) is 15.0 Å². The summed E-state index contributed by atoms with van der Waals surface area (Å²) in [5.41, 5.74) is 2.57. The minimum Gasteiger partial charge on any atom is -0.465 e. The Labute approximate surface area is 137 Å². The maximum atomic E-state index is 11.6. The summed E-state index contributed by atoms with van der Waals surface area (Å²) >= 11 is 1.60. The van der Waals surface area contributed by atoms with Gasteiger partial charge in [0.2, 0.25) is 0 Å². The number of nitrogens with zero attached hydrogens (tertiary/aromatic N) is 4. The molecule has 0 atom stereocenters. The number of esters is 1. The highest BCUT2D eigenvalue weighted by molar-refractivity contribution is 7.98. The van der Waals surface area contributed by atoms with Crippen molar-refractivity contribution in [2.45, 2.75) is 24.2 Å². The first-order valence-corrected chi connectivity index (χ1v) is 8.24. The van der Waals surface area contributed by atoms with E-state index in [0.29, 0.717) is 17.8 Å². The molecule has 3 aromatic rings. The topological polar surface area (TPSA) is 69.9 Å². The van der Waals surface area contributed by atoms with E-state index in [1.807, 2.05) is 18.2 Å². The molecule has 2 heterocycles. The third kappa shape index (κ3) is 3.68. The minimum absolute atomic E-state index is 0.101. The van der Waals surface area contributed by atoms with E-state index < -0.39 is 0 Å². The number of carbonyl (C=O) groups excluding carboxylic acids is 1. The third-order valence-corrected chi connectivity index (χ3v) is 4.24. The number of fused-ring (bicyclic) bond motifs is 1. The molecule has 0 spiro atoms. The largest absolute Gasteiger partial charge is 0.465 e. The average Bonchev–Trinajstić information content (AvgIpc) is 2.98. The van der Waals surface area contributed by atoms with E-state index in [1.165, 1.54) is 11.9 Å². The molecule has 0 saturated carbocycles. The summed E-state index contributed by atoms with van der Waals surface area (Å²) in [5.74, 6) is 0.501. The van der Waals surface area contributed by atoms with Crippen molar-refractivity contribution in [1.82, 2.24) is 19.5 Å². The molecule has 0 fully saturated rings. The van der Waals surface area contributed by atoms with Crippen LogP contribution in [0, 0.1) is 0 Å². The molecule has 23 heavy (non-hydrogen) atoms. The van der Waals surface area contributed by atoms with Crippen LogP contribution in [0.5, 0.6) is 0 Å². The molecular formula is C16H16N4O2S. The summed E-state index contributed by atoms with van der Waals surface area (Å²) in [6, 6.07) is 10.2. The number of imidazole rings is 1. The van der Waals surface area contributed by atoms with Crippen LogP contribution in [0.2, 0.25) is 0 Å². The predicted molar refractivity (Wildman–Crippen MR) is 88.0 cm³/mol. The molecule has 0 aliphatic rings. The van der Waals surface area contributed by atoms with E-state index in [-0.39, 0.29) is 12.5 Å². The predicted octanol–water partition coefficient (Wildman–Crippen LogP) is 2.68. The van der Waals surface area contributed by atoms with Crippen molar-refractivity contribution in [3.05, 3.63) is 48.5 Å². The van der Waals surface area contributed by atoms with Gasteiger partial charge in [-0.2, -0.15) is 0 Å². The van der Waals surface area contributed by atoms with Gasteiger partial charge >= 0.3 is 5.97 Å². The minimum atomic E-state index is -0.302. The highest BCUT2D eigenvalue weighted by atomic mass is 32.2. The van der Waals surface area contributed by atoms with Crippen LogP contribution in [0.15, 0.2) is 48.0 Å². The molecule has 118 valence electrons. The molecule has 6 nitrogen and oxygen atoms in total. The van der Waals surface area contributed by atoms with Gasteiger partial charge < -0.3 is 9.30 Å².